The highest BCUT2D eigenvalue weighted by molar-refractivity contribution is 4.93. The molecule has 2 heteroatoms. The summed E-state index contributed by atoms with van der Waals surface area (Å²) in [5.74, 6) is 2.69. The molecule has 1 fully saturated rings. The molecule has 0 radical (unpaired) electrons. The molecule has 0 aliphatic carbocycles. The molecular weight excluding hydrogens is 208 g/mol. The lowest BCUT2D eigenvalue weighted by atomic mass is 9.89. The van der Waals surface area contributed by atoms with Crippen LogP contribution in [-0.2, 0) is 0 Å². The van der Waals surface area contributed by atoms with Crippen LogP contribution in [0.25, 0.3) is 0 Å². The van der Waals surface area contributed by atoms with Crippen LogP contribution in [0.15, 0.2) is 0 Å². The lowest BCUT2D eigenvalue weighted by Gasteiger charge is -2.42. The van der Waals surface area contributed by atoms with E-state index in [0.717, 1.165) is 19.3 Å². The summed E-state index contributed by atoms with van der Waals surface area (Å²) in [4.78, 5) is 2.58. The standard InChI is InChI=1S/C15H28N2/c1-4-5-8-11-14(16)15(2,3)17-12-9-6-7-10-13-17/h1,14H,5-13,16H2,2-3H3. The van der Waals surface area contributed by atoms with Crippen LogP contribution in [0.5, 0.6) is 0 Å². The first kappa shape index (κ1) is 14.5. The van der Waals surface area contributed by atoms with Crippen molar-refractivity contribution in [1.82, 2.24) is 4.90 Å². The molecule has 1 aliphatic rings. The van der Waals surface area contributed by atoms with E-state index in [1.165, 1.54) is 38.8 Å². The molecule has 2 nitrogen and oxygen atoms in total. The van der Waals surface area contributed by atoms with Crippen LogP contribution in [0.3, 0.4) is 0 Å². The molecule has 0 aromatic carbocycles. The van der Waals surface area contributed by atoms with Crippen LogP contribution >= 0.6 is 0 Å². The van der Waals surface area contributed by atoms with E-state index in [9.17, 15) is 0 Å². The minimum absolute atomic E-state index is 0.110. The van der Waals surface area contributed by atoms with E-state index in [2.05, 4.69) is 24.7 Å². The first-order valence-electron chi connectivity index (χ1n) is 7.03. The molecule has 1 heterocycles. The van der Waals surface area contributed by atoms with Crippen molar-refractivity contribution in [3.8, 4) is 12.3 Å². The Bertz CT molecular complexity index is 244. The smallest absolute Gasteiger partial charge is 0.0304 e. The van der Waals surface area contributed by atoms with Crippen molar-refractivity contribution < 1.29 is 0 Å². The fraction of sp³-hybridized carbons (Fsp3) is 0.867. The lowest BCUT2D eigenvalue weighted by molar-refractivity contribution is 0.0942. The molecule has 98 valence electrons. The molecule has 1 unspecified atom stereocenters. The van der Waals surface area contributed by atoms with Gasteiger partial charge in [-0.15, -0.1) is 12.3 Å². The third-order valence-electron chi connectivity index (χ3n) is 4.16. The molecule has 0 bridgehead atoms. The average molecular weight is 236 g/mol. The maximum Gasteiger partial charge on any atom is 0.0304 e. The van der Waals surface area contributed by atoms with Gasteiger partial charge in [-0.25, -0.2) is 0 Å². The zero-order valence-corrected chi connectivity index (χ0v) is 11.5. The Balaban J connectivity index is 2.48. The van der Waals surface area contributed by atoms with Gasteiger partial charge in [0.2, 0.25) is 0 Å². The maximum atomic E-state index is 6.36. The molecule has 0 aromatic rings. The van der Waals surface area contributed by atoms with Crippen molar-refractivity contribution >= 4 is 0 Å². The van der Waals surface area contributed by atoms with E-state index in [4.69, 9.17) is 12.2 Å². The van der Waals surface area contributed by atoms with Gasteiger partial charge in [0.15, 0.2) is 0 Å². The lowest BCUT2D eigenvalue weighted by Crippen LogP contribution is -2.56. The molecule has 17 heavy (non-hydrogen) atoms. The number of rotatable bonds is 5. The van der Waals surface area contributed by atoms with Gasteiger partial charge in [0.1, 0.15) is 0 Å². The molecule has 0 saturated carbocycles. The predicted octanol–water partition coefficient (Wildman–Crippen LogP) is 2.77. The van der Waals surface area contributed by atoms with Crippen LogP contribution < -0.4 is 5.73 Å². The van der Waals surface area contributed by atoms with Gasteiger partial charge in [-0.1, -0.05) is 12.8 Å². The zero-order chi connectivity index (χ0) is 12.7. The number of nitrogens with zero attached hydrogens (tertiary/aromatic N) is 1. The van der Waals surface area contributed by atoms with Crippen molar-refractivity contribution in [1.29, 1.82) is 0 Å². The summed E-state index contributed by atoms with van der Waals surface area (Å²) < 4.78 is 0. The summed E-state index contributed by atoms with van der Waals surface area (Å²) >= 11 is 0. The minimum Gasteiger partial charge on any atom is -0.326 e. The molecular formula is C15H28N2. The number of unbranched alkanes of at least 4 members (excludes halogenated alkanes) is 1. The first-order valence-corrected chi connectivity index (χ1v) is 7.03. The monoisotopic (exact) mass is 236 g/mol. The Hall–Kier alpha value is -0.520. The number of nitrogens with two attached hydrogens (primary N) is 1. The van der Waals surface area contributed by atoms with Gasteiger partial charge in [-0.2, -0.15) is 0 Å². The SMILES string of the molecule is C#CCCCC(N)C(C)(C)N1CCCCCC1. The third-order valence-corrected chi connectivity index (χ3v) is 4.16. The van der Waals surface area contributed by atoms with Crippen molar-refractivity contribution in [2.75, 3.05) is 13.1 Å². The molecule has 0 amide bonds. The van der Waals surface area contributed by atoms with Gasteiger partial charge in [-0.05, 0) is 52.6 Å². The van der Waals surface area contributed by atoms with E-state index >= 15 is 0 Å². The van der Waals surface area contributed by atoms with Gasteiger partial charge in [-0.3, -0.25) is 4.90 Å². The summed E-state index contributed by atoms with van der Waals surface area (Å²) in [6.07, 6.45) is 13.6. The summed E-state index contributed by atoms with van der Waals surface area (Å²) in [6.45, 7) is 6.99. The van der Waals surface area contributed by atoms with Crippen molar-refractivity contribution in [3.63, 3.8) is 0 Å². The highest BCUT2D eigenvalue weighted by Gasteiger charge is 2.32. The Morgan fingerprint density at radius 1 is 1.24 bits per heavy atom. The maximum absolute atomic E-state index is 6.36. The van der Waals surface area contributed by atoms with E-state index in [0.29, 0.717) is 0 Å². The van der Waals surface area contributed by atoms with Crippen molar-refractivity contribution in [3.05, 3.63) is 0 Å². The molecule has 1 atom stereocenters. The Morgan fingerprint density at radius 3 is 2.35 bits per heavy atom. The van der Waals surface area contributed by atoms with Gasteiger partial charge in [0, 0.05) is 18.0 Å². The summed E-state index contributed by atoms with van der Waals surface area (Å²) in [5.41, 5.74) is 6.47. The van der Waals surface area contributed by atoms with Crippen LogP contribution in [0.1, 0.15) is 58.8 Å². The Kier molecular flexibility index (Phi) is 6.02. The highest BCUT2D eigenvalue weighted by atomic mass is 15.2. The average Bonchev–Trinajstić information content (AvgIpc) is 2.58. The molecule has 0 aromatic heterocycles. The van der Waals surface area contributed by atoms with Crippen molar-refractivity contribution in [2.24, 2.45) is 5.73 Å². The quantitative estimate of drug-likeness (QED) is 0.587. The van der Waals surface area contributed by atoms with Gasteiger partial charge in [0.05, 0.1) is 0 Å². The molecule has 0 spiro atoms. The summed E-state index contributed by atoms with van der Waals surface area (Å²) in [5, 5.41) is 0. The predicted molar refractivity (Wildman–Crippen MR) is 74.8 cm³/mol. The van der Waals surface area contributed by atoms with E-state index in [1.807, 2.05) is 0 Å². The van der Waals surface area contributed by atoms with Crippen LogP contribution in [0, 0.1) is 12.3 Å². The minimum atomic E-state index is 0.110. The van der Waals surface area contributed by atoms with Gasteiger partial charge in [0.25, 0.3) is 0 Å². The number of hydrogen-bond donors (Lipinski definition) is 1. The molecule has 1 aliphatic heterocycles. The third kappa shape index (κ3) is 4.33. The number of likely N-dealkylation sites (tertiary alicyclic amines) is 1. The second-order valence-electron chi connectivity index (χ2n) is 5.76. The largest absolute Gasteiger partial charge is 0.326 e. The van der Waals surface area contributed by atoms with Crippen LogP contribution in [-0.4, -0.2) is 29.6 Å². The van der Waals surface area contributed by atoms with Gasteiger partial charge < -0.3 is 5.73 Å². The van der Waals surface area contributed by atoms with E-state index in [1.54, 1.807) is 0 Å². The first-order chi connectivity index (χ1) is 8.09. The Labute approximate surface area is 107 Å². The fourth-order valence-electron chi connectivity index (χ4n) is 2.66. The van der Waals surface area contributed by atoms with Crippen LogP contribution in [0.4, 0.5) is 0 Å². The highest BCUT2D eigenvalue weighted by Crippen LogP contribution is 2.24. The summed E-state index contributed by atoms with van der Waals surface area (Å²) in [7, 11) is 0. The van der Waals surface area contributed by atoms with E-state index in [-0.39, 0.29) is 11.6 Å². The van der Waals surface area contributed by atoms with E-state index < -0.39 is 0 Å². The second-order valence-corrected chi connectivity index (χ2v) is 5.76. The topological polar surface area (TPSA) is 29.3 Å². The van der Waals surface area contributed by atoms with Crippen LogP contribution in [0.2, 0.25) is 0 Å². The summed E-state index contributed by atoms with van der Waals surface area (Å²) in [6, 6.07) is 0.231. The Morgan fingerprint density at radius 2 is 1.82 bits per heavy atom. The normalized spacial score (nSPS) is 20.6. The zero-order valence-electron chi connectivity index (χ0n) is 11.5. The van der Waals surface area contributed by atoms with Gasteiger partial charge >= 0.3 is 0 Å². The number of terminal acetylenes is 1. The van der Waals surface area contributed by atoms with Crippen molar-refractivity contribution in [2.45, 2.75) is 70.4 Å². The molecule has 1 saturated heterocycles. The fourth-order valence-corrected chi connectivity index (χ4v) is 2.66. The second kappa shape index (κ2) is 7.03. The number of hydrogen-bond acceptors (Lipinski definition) is 2. The molecule has 2 N–H and O–H groups in total. The molecule has 1 rings (SSSR count).